The van der Waals surface area contributed by atoms with Gasteiger partial charge in [-0.2, -0.15) is 0 Å². The van der Waals surface area contributed by atoms with E-state index in [1.807, 2.05) is 37.4 Å². The van der Waals surface area contributed by atoms with Crippen LogP contribution in [0, 0.1) is 0 Å². The molecule has 24 heavy (non-hydrogen) atoms. The summed E-state index contributed by atoms with van der Waals surface area (Å²) in [7, 11) is 0. The summed E-state index contributed by atoms with van der Waals surface area (Å²) < 4.78 is 0. The highest BCUT2D eigenvalue weighted by atomic mass is 14.7. The largest absolute Gasteiger partial charge is 0.293 e. The number of benzene rings is 2. The Bertz CT molecular complexity index is 648. The maximum Gasteiger partial charge on any atom is 0.0389 e. The summed E-state index contributed by atoms with van der Waals surface area (Å²) >= 11 is 0. The Hall–Kier alpha value is -2.41. The van der Waals surface area contributed by atoms with Gasteiger partial charge in [0.1, 0.15) is 0 Å². The SMILES string of the molecule is C\C=C/C=C\C=N\CCCCCc1ccc(-c2ccccc2)cc1. The maximum atomic E-state index is 4.39. The highest BCUT2D eigenvalue weighted by molar-refractivity contribution is 5.71. The van der Waals surface area contributed by atoms with Gasteiger partial charge in [-0.15, -0.1) is 0 Å². The Labute approximate surface area is 146 Å². The summed E-state index contributed by atoms with van der Waals surface area (Å²) in [4.78, 5) is 4.39. The van der Waals surface area contributed by atoms with E-state index in [4.69, 9.17) is 0 Å². The van der Waals surface area contributed by atoms with Gasteiger partial charge in [0.15, 0.2) is 0 Å². The molecule has 0 spiro atoms. The van der Waals surface area contributed by atoms with Crippen LogP contribution in [0.2, 0.25) is 0 Å². The molecule has 2 aromatic rings. The van der Waals surface area contributed by atoms with Gasteiger partial charge in [0.2, 0.25) is 0 Å². The first-order valence-corrected chi connectivity index (χ1v) is 8.82. The summed E-state index contributed by atoms with van der Waals surface area (Å²) in [6.45, 7) is 2.93. The first-order valence-electron chi connectivity index (χ1n) is 8.82. The van der Waals surface area contributed by atoms with Crippen molar-refractivity contribution in [3.63, 3.8) is 0 Å². The molecule has 2 rings (SSSR count). The molecule has 0 atom stereocenters. The van der Waals surface area contributed by atoms with E-state index in [2.05, 4.69) is 59.6 Å². The lowest BCUT2D eigenvalue weighted by atomic mass is 10.0. The Balaban J connectivity index is 1.64. The summed E-state index contributed by atoms with van der Waals surface area (Å²) in [5, 5.41) is 0. The Morgan fingerprint density at radius 2 is 1.50 bits per heavy atom. The highest BCUT2D eigenvalue weighted by Gasteiger charge is 1.97. The predicted octanol–water partition coefficient (Wildman–Crippen LogP) is 6.27. The van der Waals surface area contributed by atoms with Crippen molar-refractivity contribution in [2.24, 2.45) is 4.99 Å². The number of nitrogens with zero attached hydrogens (tertiary/aromatic N) is 1. The van der Waals surface area contributed by atoms with Crippen molar-refractivity contribution < 1.29 is 0 Å². The molecule has 0 radical (unpaired) electrons. The van der Waals surface area contributed by atoms with Gasteiger partial charge >= 0.3 is 0 Å². The van der Waals surface area contributed by atoms with Crippen LogP contribution in [-0.2, 0) is 6.42 Å². The van der Waals surface area contributed by atoms with Crippen molar-refractivity contribution in [2.45, 2.75) is 32.6 Å². The van der Waals surface area contributed by atoms with Gasteiger partial charge < -0.3 is 0 Å². The second-order valence-electron chi connectivity index (χ2n) is 5.84. The van der Waals surface area contributed by atoms with E-state index < -0.39 is 0 Å². The van der Waals surface area contributed by atoms with E-state index >= 15 is 0 Å². The first-order chi connectivity index (χ1) is 11.9. The summed E-state index contributed by atoms with van der Waals surface area (Å²) in [6.07, 6.45) is 14.7. The standard InChI is InChI=1S/C23H27N/c1-2-3-4-10-19-24-20-11-6-7-12-21-15-17-23(18-16-21)22-13-8-5-9-14-22/h2-5,8-10,13-19H,6-7,11-12,20H2,1H3/b3-2-,10-4-,24-19+. The molecule has 2 aromatic carbocycles. The van der Waals surface area contributed by atoms with Gasteiger partial charge in [-0.25, -0.2) is 0 Å². The minimum absolute atomic E-state index is 0.924. The lowest BCUT2D eigenvalue weighted by Crippen LogP contribution is -1.88. The molecule has 0 saturated carbocycles. The van der Waals surface area contributed by atoms with Crippen molar-refractivity contribution in [1.82, 2.24) is 0 Å². The fourth-order valence-corrected chi connectivity index (χ4v) is 2.56. The van der Waals surface area contributed by atoms with E-state index in [1.165, 1.54) is 29.5 Å². The number of aliphatic imine (C=N–C) groups is 1. The molecule has 0 aliphatic rings. The van der Waals surface area contributed by atoms with Crippen LogP contribution in [0.4, 0.5) is 0 Å². The van der Waals surface area contributed by atoms with Crippen LogP contribution in [0.15, 0.2) is 83.9 Å². The molecule has 0 bridgehead atoms. The van der Waals surface area contributed by atoms with Crippen molar-refractivity contribution in [1.29, 1.82) is 0 Å². The molecule has 1 heteroatoms. The van der Waals surface area contributed by atoms with E-state index in [-0.39, 0.29) is 0 Å². The van der Waals surface area contributed by atoms with Gasteiger partial charge in [-0.3, -0.25) is 4.99 Å². The fourth-order valence-electron chi connectivity index (χ4n) is 2.56. The summed E-state index contributed by atoms with van der Waals surface area (Å²) in [6, 6.07) is 19.5. The van der Waals surface area contributed by atoms with Crippen molar-refractivity contribution in [2.75, 3.05) is 6.54 Å². The minimum atomic E-state index is 0.924. The molecule has 0 amide bonds. The fraction of sp³-hybridized carbons (Fsp3) is 0.261. The molecule has 124 valence electrons. The second-order valence-corrected chi connectivity index (χ2v) is 5.84. The van der Waals surface area contributed by atoms with E-state index in [1.54, 1.807) is 0 Å². The van der Waals surface area contributed by atoms with Gasteiger partial charge in [0.25, 0.3) is 0 Å². The van der Waals surface area contributed by atoms with Crippen LogP contribution in [0.3, 0.4) is 0 Å². The van der Waals surface area contributed by atoms with Crippen LogP contribution < -0.4 is 0 Å². The molecular weight excluding hydrogens is 290 g/mol. The van der Waals surface area contributed by atoms with Crippen LogP contribution >= 0.6 is 0 Å². The van der Waals surface area contributed by atoms with Crippen LogP contribution in [0.25, 0.3) is 11.1 Å². The lowest BCUT2D eigenvalue weighted by Gasteiger charge is -2.04. The number of rotatable bonds is 9. The van der Waals surface area contributed by atoms with Gasteiger partial charge in [-0.1, -0.05) is 79.2 Å². The molecule has 0 saturated heterocycles. The highest BCUT2D eigenvalue weighted by Crippen LogP contribution is 2.19. The molecular formula is C23H27N. The number of hydrogen-bond acceptors (Lipinski definition) is 1. The maximum absolute atomic E-state index is 4.39. The molecule has 0 unspecified atom stereocenters. The van der Waals surface area contributed by atoms with Gasteiger partial charge in [0.05, 0.1) is 0 Å². The molecule has 0 aliphatic carbocycles. The van der Waals surface area contributed by atoms with E-state index in [0.29, 0.717) is 0 Å². The Kier molecular flexibility index (Phi) is 8.35. The average molecular weight is 317 g/mol. The zero-order chi connectivity index (χ0) is 16.9. The smallest absolute Gasteiger partial charge is 0.0389 e. The molecule has 1 nitrogen and oxygen atoms in total. The van der Waals surface area contributed by atoms with E-state index in [9.17, 15) is 0 Å². The third kappa shape index (κ3) is 6.78. The van der Waals surface area contributed by atoms with E-state index in [0.717, 1.165) is 19.4 Å². The first kappa shape index (κ1) is 17.9. The monoisotopic (exact) mass is 317 g/mol. The molecule has 0 heterocycles. The quantitative estimate of drug-likeness (QED) is 0.293. The number of hydrogen-bond donors (Lipinski definition) is 0. The Morgan fingerprint density at radius 1 is 0.750 bits per heavy atom. The van der Waals surface area contributed by atoms with Crippen LogP contribution in [0.1, 0.15) is 31.7 Å². The average Bonchev–Trinajstić information content (AvgIpc) is 2.64. The normalized spacial score (nSPS) is 11.9. The predicted molar refractivity (Wildman–Crippen MR) is 107 cm³/mol. The van der Waals surface area contributed by atoms with Crippen LogP contribution in [0.5, 0.6) is 0 Å². The van der Waals surface area contributed by atoms with Crippen molar-refractivity contribution in [3.05, 3.63) is 84.5 Å². The molecule has 0 N–H and O–H groups in total. The molecule has 0 aromatic heterocycles. The summed E-state index contributed by atoms with van der Waals surface area (Å²) in [5.74, 6) is 0. The van der Waals surface area contributed by atoms with Gasteiger partial charge in [0, 0.05) is 12.8 Å². The molecule has 0 fully saturated rings. The third-order valence-corrected chi connectivity index (χ3v) is 3.92. The number of aryl methyl sites for hydroxylation is 1. The minimum Gasteiger partial charge on any atom is -0.293 e. The topological polar surface area (TPSA) is 12.4 Å². The summed E-state index contributed by atoms with van der Waals surface area (Å²) in [5.41, 5.74) is 4.00. The zero-order valence-corrected chi connectivity index (χ0v) is 14.6. The zero-order valence-electron chi connectivity index (χ0n) is 14.6. The number of unbranched alkanes of at least 4 members (excludes halogenated alkanes) is 2. The lowest BCUT2D eigenvalue weighted by molar-refractivity contribution is 0.688. The van der Waals surface area contributed by atoms with Crippen molar-refractivity contribution >= 4 is 6.21 Å². The second kappa shape index (κ2) is 11.2. The number of allylic oxidation sites excluding steroid dienone is 4. The van der Waals surface area contributed by atoms with Crippen LogP contribution in [-0.4, -0.2) is 12.8 Å². The molecule has 0 aliphatic heterocycles. The van der Waals surface area contributed by atoms with Crippen molar-refractivity contribution in [3.8, 4) is 11.1 Å². The Morgan fingerprint density at radius 3 is 2.25 bits per heavy atom. The van der Waals surface area contributed by atoms with Gasteiger partial charge in [-0.05, 0) is 49.0 Å². The third-order valence-electron chi connectivity index (χ3n) is 3.92.